The van der Waals surface area contributed by atoms with E-state index in [1.807, 2.05) is 12.1 Å². The van der Waals surface area contributed by atoms with E-state index >= 15 is 0 Å². The number of aromatic nitrogens is 2. The normalized spacial score (nSPS) is 10.4. The van der Waals surface area contributed by atoms with Crippen LogP contribution in [0.25, 0.3) is 0 Å². The summed E-state index contributed by atoms with van der Waals surface area (Å²) >= 11 is 5.61. The van der Waals surface area contributed by atoms with Gasteiger partial charge >= 0.3 is 0 Å². The van der Waals surface area contributed by atoms with Crippen LogP contribution < -0.4 is 5.32 Å². The van der Waals surface area contributed by atoms with Crippen LogP contribution in [-0.4, -0.2) is 9.97 Å². The smallest absolute Gasteiger partial charge is 0.224 e. The zero-order chi connectivity index (χ0) is 13.0. The van der Waals surface area contributed by atoms with Crippen LogP contribution in [0.2, 0.25) is 5.28 Å². The summed E-state index contributed by atoms with van der Waals surface area (Å²) in [5, 5.41) is 2.92. The molecular weight excluding hydrogens is 253 g/mol. The molecular formula is C13H13ClFN3. The highest BCUT2D eigenvalue weighted by molar-refractivity contribution is 6.28. The summed E-state index contributed by atoms with van der Waals surface area (Å²) in [7, 11) is 0. The number of benzene rings is 1. The molecule has 1 heterocycles. The lowest BCUT2D eigenvalue weighted by atomic mass is 10.1. The number of rotatable bonds is 4. The molecule has 0 fully saturated rings. The lowest BCUT2D eigenvalue weighted by Crippen LogP contribution is -2.04. The van der Waals surface area contributed by atoms with Crippen molar-refractivity contribution in [1.29, 1.82) is 0 Å². The topological polar surface area (TPSA) is 37.8 Å². The van der Waals surface area contributed by atoms with Gasteiger partial charge in [0, 0.05) is 6.54 Å². The predicted molar refractivity (Wildman–Crippen MR) is 70.1 cm³/mol. The van der Waals surface area contributed by atoms with Crippen molar-refractivity contribution in [3.05, 3.63) is 52.7 Å². The van der Waals surface area contributed by atoms with Crippen LogP contribution in [0.4, 0.5) is 10.2 Å². The summed E-state index contributed by atoms with van der Waals surface area (Å²) < 4.78 is 13.3. The molecule has 0 aliphatic rings. The van der Waals surface area contributed by atoms with E-state index in [4.69, 9.17) is 11.6 Å². The van der Waals surface area contributed by atoms with Gasteiger partial charge in [0.05, 0.1) is 6.20 Å². The monoisotopic (exact) mass is 265 g/mol. The van der Waals surface area contributed by atoms with Gasteiger partial charge in [0.15, 0.2) is 11.6 Å². The van der Waals surface area contributed by atoms with E-state index < -0.39 is 5.82 Å². The van der Waals surface area contributed by atoms with Crippen LogP contribution in [0.3, 0.4) is 0 Å². The second-order valence-electron chi connectivity index (χ2n) is 3.86. The first-order valence-corrected chi connectivity index (χ1v) is 6.06. The number of hydrogen-bond donors (Lipinski definition) is 1. The molecule has 94 valence electrons. The molecule has 0 amide bonds. The van der Waals surface area contributed by atoms with Crippen molar-refractivity contribution in [2.75, 3.05) is 5.32 Å². The Bertz CT molecular complexity index is 528. The van der Waals surface area contributed by atoms with Gasteiger partial charge in [-0.1, -0.05) is 31.2 Å². The Labute approximate surface area is 110 Å². The second kappa shape index (κ2) is 5.78. The molecule has 0 aliphatic carbocycles. The third kappa shape index (κ3) is 3.17. The number of halogens is 2. The van der Waals surface area contributed by atoms with Crippen LogP contribution in [0.15, 0.2) is 30.5 Å². The number of aryl methyl sites for hydroxylation is 1. The zero-order valence-electron chi connectivity index (χ0n) is 9.95. The molecule has 2 aromatic rings. The molecule has 18 heavy (non-hydrogen) atoms. The number of nitrogens with zero attached hydrogens (tertiary/aromatic N) is 2. The van der Waals surface area contributed by atoms with Gasteiger partial charge in [0.25, 0.3) is 0 Å². The Morgan fingerprint density at radius 1 is 1.22 bits per heavy atom. The quantitative estimate of drug-likeness (QED) is 0.861. The number of anilines is 1. The minimum atomic E-state index is -0.510. The number of nitrogens with one attached hydrogen (secondary N) is 1. The summed E-state index contributed by atoms with van der Waals surface area (Å²) in [6.07, 6.45) is 2.06. The van der Waals surface area contributed by atoms with Gasteiger partial charge in [-0.3, -0.25) is 0 Å². The molecule has 0 bridgehead atoms. The molecule has 1 aromatic heterocycles. The predicted octanol–water partition coefficient (Wildman–Crippen LogP) is 3.44. The second-order valence-corrected chi connectivity index (χ2v) is 4.20. The molecule has 0 atom stereocenters. The van der Waals surface area contributed by atoms with Crippen molar-refractivity contribution >= 4 is 17.4 Å². The maximum atomic E-state index is 13.3. The van der Waals surface area contributed by atoms with Crippen molar-refractivity contribution in [3.63, 3.8) is 0 Å². The third-order valence-corrected chi connectivity index (χ3v) is 2.79. The zero-order valence-corrected chi connectivity index (χ0v) is 10.7. The molecule has 0 aliphatic heterocycles. The van der Waals surface area contributed by atoms with Crippen LogP contribution >= 0.6 is 11.6 Å². The fourth-order valence-electron chi connectivity index (χ4n) is 1.55. The van der Waals surface area contributed by atoms with E-state index in [2.05, 4.69) is 34.3 Å². The highest BCUT2D eigenvalue weighted by Crippen LogP contribution is 2.13. The molecule has 2 rings (SSSR count). The van der Waals surface area contributed by atoms with Gasteiger partial charge in [0.2, 0.25) is 5.28 Å². The molecule has 1 aromatic carbocycles. The lowest BCUT2D eigenvalue weighted by molar-refractivity contribution is 0.616. The number of hydrogen-bond acceptors (Lipinski definition) is 3. The lowest BCUT2D eigenvalue weighted by Gasteiger charge is -2.07. The minimum Gasteiger partial charge on any atom is -0.363 e. The largest absolute Gasteiger partial charge is 0.363 e. The van der Waals surface area contributed by atoms with Gasteiger partial charge in [-0.25, -0.2) is 9.37 Å². The van der Waals surface area contributed by atoms with Crippen molar-refractivity contribution in [2.24, 2.45) is 0 Å². The maximum Gasteiger partial charge on any atom is 0.224 e. The van der Waals surface area contributed by atoms with Crippen LogP contribution in [0, 0.1) is 5.82 Å². The minimum absolute atomic E-state index is 0.0280. The Morgan fingerprint density at radius 3 is 2.56 bits per heavy atom. The Hall–Kier alpha value is -1.68. The first-order valence-electron chi connectivity index (χ1n) is 5.68. The van der Waals surface area contributed by atoms with Gasteiger partial charge in [-0.05, 0) is 29.1 Å². The van der Waals surface area contributed by atoms with Gasteiger partial charge < -0.3 is 5.32 Å². The SMILES string of the molecule is CCc1ccc(CNc2nc(Cl)ncc2F)cc1. The average molecular weight is 266 g/mol. The first kappa shape index (κ1) is 12.8. The summed E-state index contributed by atoms with van der Waals surface area (Å²) in [4.78, 5) is 7.35. The molecule has 3 nitrogen and oxygen atoms in total. The summed E-state index contributed by atoms with van der Waals surface area (Å²) in [5.74, 6) is -0.390. The molecule has 5 heteroatoms. The van der Waals surface area contributed by atoms with Gasteiger partial charge in [0.1, 0.15) is 0 Å². The Balaban J connectivity index is 2.04. The van der Waals surface area contributed by atoms with Crippen molar-refractivity contribution in [1.82, 2.24) is 9.97 Å². The van der Waals surface area contributed by atoms with Gasteiger partial charge in [-0.2, -0.15) is 4.98 Å². The standard InChI is InChI=1S/C13H13ClFN3/c1-2-9-3-5-10(6-4-9)7-16-12-11(15)8-17-13(14)18-12/h3-6,8H,2,7H2,1H3,(H,16,17,18). The summed E-state index contributed by atoms with van der Waals surface area (Å²) in [6.45, 7) is 2.60. The highest BCUT2D eigenvalue weighted by Gasteiger charge is 2.05. The summed E-state index contributed by atoms with van der Waals surface area (Å²) in [5.41, 5.74) is 2.33. The first-order chi connectivity index (χ1) is 8.69. The van der Waals surface area contributed by atoms with Gasteiger partial charge in [-0.15, -0.1) is 0 Å². The Morgan fingerprint density at radius 2 is 1.89 bits per heavy atom. The average Bonchev–Trinajstić information content (AvgIpc) is 2.40. The van der Waals surface area contributed by atoms with Crippen molar-refractivity contribution < 1.29 is 4.39 Å². The highest BCUT2D eigenvalue weighted by atomic mass is 35.5. The van der Waals surface area contributed by atoms with E-state index in [0.717, 1.165) is 18.2 Å². The molecule has 0 saturated carbocycles. The van der Waals surface area contributed by atoms with Crippen molar-refractivity contribution in [3.8, 4) is 0 Å². The van der Waals surface area contributed by atoms with E-state index in [0.29, 0.717) is 6.54 Å². The summed E-state index contributed by atoms with van der Waals surface area (Å²) in [6, 6.07) is 8.12. The van der Waals surface area contributed by atoms with Crippen LogP contribution in [-0.2, 0) is 13.0 Å². The van der Waals surface area contributed by atoms with Crippen LogP contribution in [0.1, 0.15) is 18.1 Å². The fourth-order valence-corrected chi connectivity index (χ4v) is 1.68. The molecule has 0 unspecified atom stereocenters. The molecule has 1 N–H and O–H groups in total. The molecule has 0 saturated heterocycles. The van der Waals surface area contributed by atoms with Crippen molar-refractivity contribution in [2.45, 2.75) is 19.9 Å². The molecule has 0 spiro atoms. The van der Waals surface area contributed by atoms with Crippen LogP contribution in [0.5, 0.6) is 0 Å². The Kier molecular flexibility index (Phi) is 4.10. The van der Waals surface area contributed by atoms with E-state index in [-0.39, 0.29) is 11.1 Å². The van der Waals surface area contributed by atoms with E-state index in [9.17, 15) is 4.39 Å². The fraction of sp³-hybridized carbons (Fsp3) is 0.231. The molecule has 0 radical (unpaired) electrons. The maximum absolute atomic E-state index is 13.3. The van der Waals surface area contributed by atoms with E-state index in [1.165, 1.54) is 5.56 Å². The van der Waals surface area contributed by atoms with E-state index in [1.54, 1.807) is 0 Å². The third-order valence-electron chi connectivity index (χ3n) is 2.61.